The summed E-state index contributed by atoms with van der Waals surface area (Å²) in [7, 11) is 0. The van der Waals surface area contributed by atoms with Gasteiger partial charge in [0.15, 0.2) is 0 Å². The van der Waals surface area contributed by atoms with E-state index in [1.165, 1.54) is 0 Å². The third-order valence-corrected chi connectivity index (χ3v) is 5.34. The fraction of sp³-hybridized carbons (Fsp3) is 0.217. The summed E-state index contributed by atoms with van der Waals surface area (Å²) in [6.45, 7) is 5.26. The number of halogens is 3. The van der Waals surface area contributed by atoms with Gasteiger partial charge in [-0.15, -0.1) is 0 Å². The molecule has 0 aliphatic heterocycles. The van der Waals surface area contributed by atoms with Crippen LogP contribution in [-0.2, 0) is 16.8 Å². The van der Waals surface area contributed by atoms with Crippen LogP contribution in [0.15, 0.2) is 66.7 Å². The Bertz CT molecular complexity index is 954. The van der Waals surface area contributed by atoms with Gasteiger partial charge in [0.1, 0.15) is 11.5 Å². The highest BCUT2D eigenvalue weighted by atomic mass is 35.5. The molecule has 0 atom stereocenters. The zero-order chi connectivity index (χ0) is 20.1. The van der Waals surface area contributed by atoms with Crippen LogP contribution in [0.2, 0.25) is 15.1 Å². The van der Waals surface area contributed by atoms with Crippen molar-refractivity contribution in [2.24, 2.45) is 0 Å². The Kier molecular flexibility index (Phi) is 6.90. The van der Waals surface area contributed by atoms with E-state index in [1.807, 2.05) is 60.7 Å². The second-order valence-electron chi connectivity index (χ2n) is 7.21. The van der Waals surface area contributed by atoms with Gasteiger partial charge in [0.05, 0.1) is 23.3 Å². The van der Waals surface area contributed by atoms with Crippen LogP contribution < -0.4 is 4.74 Å². The van der Waals surface area contributed by atoms with E-state index in [2.05, 4.69) is 13.8 Å². The van der Waals surface area contributed by atoms with E-state index in [9.17, 15) is 0 Å². The highest BCUT2D eigenvalue weighted by Crippen LogP contribution is 2.30. The lowest BCUT2D eigenvalue weighted by atomic mass is 9.85. The molecule has 0 spiro atoms. The number of benzene rings is 3. The first-order valence-electron chi connectivity index (χ1n) is 8.89. The molecule has 0 amide bonds. The monoisotopic (exact) mass is 434 g/mol. The molecule has 146 valence electrons. The molecule has 3 aromatic rings. The summed E-state index contributed by atoms with van der Waals surface area (Å²) in [5, 5.41) is 1.75. The quantitative estimate of drug-likeness (QED) is 0.375. The van der Waals surface area contributed by atoms with E-state index in [1.54, 1.807) is 6.07 Å². The van der Waals surface area contributed by atoms with Crippen LogP contribution in [0.1, 0.15) is 25.0 Å². The van der Waals surface area contributed by atoms with Gasteiger partial charge in [-0.3, -0.25) is 0 Å². The molecule has 0 radical (unpaired) electrons. The molecular weight excluding hydrogens is 415 g/mol. The minimum atomic E-state index is -0.191. The van der Waals surface area contributed by atoms with Gasteiger partial charge in [-0.05, 0) is 53.6 Å². The summed E-state index contributed by atoms with van der Waals surface area (Å²) in [6.07, 6.45) is 0. The topological polar surface area (TPSA) is 18.5 Å². The summed E-state index contributed by atoms with van der Waals surface area (Å²) >= 11 is 18.2. The van der Waals surface area contributed by atoms with Crippen molar-refractivity contribution >= 4 is 34.8 Å². The highest BCUT2D eigenvalue weighted by molar-refractivity contribution is 6.42. The van der Waals surface area contributed by atoms with E-state index in [0.717, 1.165) is 16.9 Å². The third-order valence-electron chi connectivity index (χ3n) is 4.36. The second kappa shape index (κ2) is 9.19. The Morgan fingerprint density at radius 2 is 1.50 bits per heavy atom. The lowest BCUT2D eigenvalue weighted by molar-refractivity contribution is 0.0824. The van der Waals surface area contributed by atoms with Gasteiger partial charge >= 0.3 is 0 Å². The largest absolute Gasteiger partial charge is 0.457 e. The molecule has 3 rings (SSSR count). The minimum Gasteiger partial charge on any atom is -0.457 e. The first kappa shape index (κ1) is 21.0. The first-order valence-corrected chi connectivity index (χ1v) is 10.0. The zero-order valence-electron chi connectivity index (χ0n) is 15.7. The molecule has 0 heterocycles. The van der Waals surface area contributed by atoms with Crippen molar-refractivity contribution in [3.63, 3.8) is 0 Å². The predicted octanol–water partition coefficient (Wildman–Crippen LogP) is 7.93. The van der Waals surface area contributed by atoms with Crippen LogP contribution in [0.4, 0.5) is 0 Å². The Morgan fingerprint density at radius 3 is 2.21 bits per heavy atom. The van der Waals surface area contributed by atoms with Crippen molar-refractivity contribution in [3.05, 3.63) is 92.9 Å². The average molecular weight is 436 g/mol. The van der Waals surface area contributed by atoms with E-state index in [-0.39, 0.29) is 5.41 Å². The van der Waals surface area contributed by atoms with Crippen molar-refractivity contribution in [1.82, 2.24) is 0 Å². The van der Waals surface area contributed by atoms with Crippen LogP contribution in [0.25, 0.3) is 0 Å². The third kappa shape index (κ3) is 5.65. The van der Waals surface area contributed by atoms with Crippen LogP contribution in [-0.4, -0.2) is 6.61 Å². The Balaban J connectivity index is 1.60. The minimum absolute atomic E-state index is 0.191. The van der Waals surface area contributed by atoms with Gasteiger partial charge in [-0.25, -0.2) is 0 Å². The molecule has 0 aromatic heterocycles. The van der Waals surface area contributed by atoms with Crippen molar-refractivity contribution in [3.8, 4) is 11.5 Å². The van der Waals surface area contributed by atoms with E-state index in [0.29, 0.717) is 34.0 Å². The summed E-state index contributed by atoms with van der Waals surface area (Å²) in [4.78, 5) is 0. The van der Waals surface area contributed by atoms with Gasteiger partial charge in [-0.2, -0.15) is 0 Å². The molecule has 0 aliphatic rings. The van der Waals surface area contributed by atoms with Crippen molar-refractivity contribution in [2.75, 3.05) is 6.61 Å². The molecule has 0 aliphatic carbocycles. The van der Waals surface area contributed by atoms with Gasteiger partial charge in [0, 0.05) is 10.4 Å². The Labute approximate surface area is 181 Å². The van der Waals surface area contributed by atoms with E-state index in [4.69, 9.17) is 44.3 Å². The zero-order valence-corrected chi connectivity index (χ0v) is 18.0. The first-order chi connectivity index (χ1) is 13.3. The van der Waals surface area contributed by atoms with E-state index >= 15 is 0 Å². The average Bonchev–Trinajstić information content (AvgIpc) is 2.64. The molecule has 0 saturated carbocycles. The summed E-state index contributed by atoms with van der Waals surface area (Å²) in [6, 6.07) is 20.8. The van der Waals surface area contributed by atoms with E-state index < -0.39 is 0 Å². The van der Waals surface area contributed by atoms with Gasteiger partial charge in [0.2, 0.25) is 0 Å². The molecule has 3 aromatic carbocycles. The van der Waals surface area contributed by atoms with Gasteiger partial charge in [-0.1, -0.05) is 72.9 Å². The maximum atomic E-state index is 6.15. The second-order valence-corrected chi connectivity index (χ2v) is 8.46. The number of hydrogen-bond acceptors (Lipinski definition) is 2. The fourth-order valence-electron chi connectivity index (χ4n) is 2.79. The maximum absolute atomic E-state index is 6.15. The summed E-state index contributed by atoms with van der Waals surface area (Å²) in [5.41, 5.74) is 1.92. The number of hydrogen-bond donors (Lipinski definition) is 0. The number of rotatable bonds is 7. The molecule has 0 saturated heterocycles. The normalized spacial score (nSPS) is 11.5. The Hall–Kier alpha value is -1.71. The molecule has 0 N–H and O–H groups in total. The van der Waals surface area contributed by atoms with Crippen molar-refractivity contribution in [2.45, 2.75) is 25.9 Å². The van der Waals surface area contributed by atoms with Crippen LogP contribution in [0.3, 0.4) is 0 Å². The molecular formula is C23H21Cl3O2. The molecule has 2 nitrogen and oxygen atoms in total. The SMILES string of the molecule is CC(C)(COCc1cccc(Oc2cccc(Cl)c2)c1)c1ccc(Cl)c(Cl)c1. The van der Waals surface area contributed by atoms with Gasteiger partial charge in [0.25, 0.3) is 0 Å². The predicted molar refractivity (Wildman–Crippen MR) is 117 cm³/mol. The lowest BCUT2D eigenvalue weighted by Crippen LogP contribution is -2.24. The maximum Gasteiger partial charge on any atom is 0.128 e. The van der Waals surface area contributed by atoms with Crippen molar-refractivity contribution < 1.29 is 9.47 Å². The van der Waals surface area contributed by atoms with Crippen LogP contribution >= 0.6 is 34.8 Å². The fourth-order valence-corrected chi connectivity index (χ4v) is 3.27. The summed E-state index contributed by atoms with van der Waals surface area (Å²) in [5.74, 6) is 1.44. The molecule has 5 heteroatoms. The summed E-state index contributed by atoms with van der Waals surface area (Å²) < 4.78 is 11.9. The molecule has 0 fully saturated rings. The Morgan fingerprint density at radius 1 is 0.786 bits per heavy atom. The van der Waals surface area contributed by atoms with Crippen LogP contribution in [0, 0.1) is 0 Å². The molecule has 28 heavy (non-hydrogen) atoms. The highest BCUT2D eigenvalue weighted by Gasteiger charge is 2.22. The number of ether oxygens (including phenoxy) is 2. The standard InChI is InChI=1S/C23H21Cl3O2/c1-23(2,17-9-10-21(25)22(26)12-17)15-27-14-16-5-3-7-19(11-16)28-20-8-4-6-18(24)13-20/h3-13H,14-15H2,1-2H3. The lowest BCUT2D eigenvalue weighted by Gasteiger charge is -2.25. The van der Waals surface area contributed by atoms with Crippen LogP contribution in [0.5, 0.6) is 11.5 Å². The smallest absolute Gasteiger partial charge is 0.128 e. The van der Waals surface area contributed by atoms with Crippen molar-refractivity contribution in [1.29, 1.82) is 0 Å². The van der Waals surface area contributed by atoms with Gasteiger partial charge < -0.3 is 9.47 Å². The molecule has 0 bridgehead atoms. The molecule has 0 unspecified atom stereocenters.